The van der Waals surface area contributed by atoms with E-state index in [0.29, 0.717) is 11.8 Å². The zero-order valence-electron chi connectivity index (χ0n) is 11.7. The van der Waals surface area contributed by atoms with E-state index in [-0.39, 0.29) is 10.5 Å². The summed E-state index contributed by atoms with van der Waals surface area (Å²) in [7, 11) is -1.98. The SMILES string of the molecule is CC#CC(C)S(C#N)(C#N)C1C(C)CCCC1C. The largest absolute Gasteiger partial charge is 0.186 e. The predicted molar refractivity (Wildman–Crippen MR) is 77.7 cm³/mol. The van der Waals surface area contributed by atoms with E-state index in [9.17, 15) is 10.5 Å². The van der Waals surface area contributed by atoms with Crippen LogP contribution in [-0.2, 0) is 0 Å². The van der Waals surface area contributed by atoms with Gasteiger partial charge in [-0.1, -0.05) is 26.2 Å². The van der Waals surface area contributed by atoms with Crippen LogP contribution in [0.2, 0.25) is 0 Å². The molecule has 0 radical (unpaired) electrons. The van der Waals surface area contributed by atoms with Gasteiger partial charge in [-0.15, -0.1) is 5.92 Å². The van der Waals surface area contributed by atoms with Crippen molar-refractivity contribution >= 4 is 10.0 Å². The molecule has 0 aromatic carbocycles. The van der Waals surface area contributed by atoms with Gasteiger partial charge in [-0.25, -0.2) is 0 Å². The minimum atomic E-state index is -1.98. The summed E-state index contributed by atoms with van der Waals surface area (Å²) < 4.78 is 0. The Morgan fingerprint density at radius 1 is 1.11 bits per heavy atom. The summed E-state index contributed by atoms with van der Waals surface area (Å²) >= 11 is 0. The lowest BCUT2D eigenvalue weighted by Gasteiger charge is -2.45. The molecule has 18 heavy (non-hydrogen) atoms. The molecule has 1 fully saturated rings. The molecule has 1 rings (SSSR count). The number of hydrogen-bond donors (Lipinski definition) is 0. The molecule has 0 spiro atoms. The van der Waals surface area contributed by atoms with Gasteiger partial charge in [0.15, 0.2) is 0 Å². The molecule has 0 N–H and O–H groups in total. The predicted octanol–water partition coefficient (Wildman–Crippen LogP) is 3.99. The highest BCUT2D eigenvalue weighted by molar-refractivity contribution is 8.42. The number of nitrogens with zero attached hydrogens (tertiary/aromatic N) is 2. The second-order valence-electron chi connectivity index (χ2n) is 5.28. The maximum Gasteiger partial charge on any atom is 0.128 e. The molecule has 1 aliphatic rings. The first-order valence-corrected chi connectivity index (χ1v) is 8.34. The van der Waals surface area contributed by atoms with Crippen molar-refractivity contribution in [2.45, 2.75) is 57.5 Å². The summed E-state index contributed by atoms with van der Waals surface area (Å²) in [5, 5.41) is 24.2. The van der Waals surface area contributed by atoms with Gasteiger partial charge in [0.2, 0.25) is 0 Å². The lowest BCUT2D eigenvalue weighted by Crippen LogP contribution is -2.37. The molecular formula is C15H22N2S. The monoisotopic (exact) mass is 262 g/mol. The number of thiocyanates is 2. The molecule has 98 valence electrons. The molecule has 3 unspecified atom stereocenters. The molecule has 0 saturated heterocycles. The second kappa shape index (κ2) is 6.17. The van der Waals surface area contributed by atoms with Crippen LogP contribution >= 0.6 is 10.0 Å². The van der Waals surface area contributed by atoms with Gasteiger partial charge in [0.05, 0.1) is 5.25 Å². The van der Waals surface area contributed by atoms with E-state index in [1.165, 1.54) is 6.42 Å². The molecular weight excluding hydrogens is 240 g/mol. The normalized spacial score (nSPS) is 30.2. The van der Waals surface area contributed by atoms with Crippen molar-refractivity contribution in [2.24, 2.45) is 11.8 Å². The van der Waals surface area contributed by atoms with Crippen molar-refractivity contribution in [2.75, 3.05) is 0 Å². The topological polar surface area (TPSA) is 47.6 Å². The van der Waals surface area contributed by atoms with Crippen LogP contribution in [0.5, 0.6) is 0 Å². The Labute approximate surface area is 113 Å². The highest BCUT2D eigenvalue weighted by Gasteiger charge is 2.45. The first-order valence-electron chi connectivity index (χ1n) is 6.58. The first-order chi connectivity index (χ1) is 8.53. The van der Waals surface area contributed by atoms with Gasteiger partial charge in [0, 0.05) is 5.25 Å². The lowest BCUT2D eigenvalue weighted by molar-refractivity contribution is 0.311. The van der Waals surface area contributed by atoms with Crippen molar-refractivity contribution in [3.05, 3.63) is 0 Å². The molecule has 3 heteroatoms. The summed E-state index contributed by atoms with van der Waals surface area (Å²) in [6.07, 6.45) is 3.50. The molecule has 1 aliphatic carbocycles. The first kappa shape index (κ1) is 14.9. The average molecular weight is 262 g/mol. The zero-order valence-corrected chi connectivity index (χ0v) is 12.5. The average Bonchev–Trinajstić information content (AvgIpc) is 2.34. The van der Waals surface area contributed by atoms with Gasteiger partial charge in [-0.2, -0.15) is 10.5 Å². The molecule has 2 nitrogen and oxygen atoms in total. The highest BCUT2D eigenvalue weighted by Crippen LogP contribution is 2.61. The molecule has 0 aromatic heterocycles. The lowest BCUT2D eigenvalue weighted by atomic mass is 9.83. The van der Waals surface area contributed by atoms with E-state index < -0.39 is 10.0 Å². The Balaban J connectivity index is 3.22. The Morgan fingerprint density at radius 3 is 2.00 bits per heavy atom. The summed E-state index contributed by atoms with van der Waals surface area (Å²) in [5.41, 5.74) is 0. The Morgan fingerprint density at radius 2 is 1.61 bits per heavy atom. The van der Waals surface area contributed by atoms with Gasteiger partial charge in [0.25, 0.3) is 0 Å². The quantitative estimate of drug-likeness (QED) is 0.558. The van der Waals surface area contributed by atoms with E-state index in [4.69, 9.17) is 0 Å². The fraction of sp³-hybridized carbons (Fsp3) is 0.733. The van der Waals surface area contributed by atoms with Crippen LogP contribution < -0.4 is 0 Å². The third kappa shape index (κ3) is 2.50. The molecule has 0 aromatic rings. The fourth-order valence-corrected chi connectivity index (χ4v) is 6.33. The van der Waals surface area contributed by atoms with E-state index >= 15 is 0 Å². The Bertz CT molecular complexity index is 408. The van der Waals surface area contributed by atoms with Crippen LogP contribution in [-0.4, -0.2) is 10.5 Å². The summed E-state index contributed by atoms with van der Waals surface area (Å²) in [6.45, 7) is 8.13. The molecule has 0 amide bonds. The van der Waals surface area contributed by atoms with Crippen molar-refractivity contribution in [3.63, 3.8) is 0 Å². The van der Waals surface area contributed by atoms with Crippen LogP contribution in [0.1, 0.15) is 47.0 Å². The van der Waals surface area contributed by atoms with Crippen molar-refractivity contribution in [1.29, 1.82) is 10.5 Å². The molecule has 0 aliphatic heterocycles. The van der Waals surface area contributed by atoms with Crippen molar-refractivity contribution in [1.82, 2.24) is 0 Å². The van der Waals surface area contributed by atoms with Crippen LogP contribution in [0, 0.1) is 45.0 Å². The van der Waals surface area contributed by atoms with E-state index in [1.54, 1.807) is 6.92 Å². The van der Waals surface area contributed by atoms with Gasteiger partial charge in [0.1, 0.15) is 10.8 Å². The summed E-state index contributed by atoms with van der Waals surface area (Å²) in [6, 6.07) is 0. The third-order valence-electron chi connectivity index (χ3n) is 4.08. The highest BCUT2D eigenvalue weighted by atomic mass is 32.3. The molecule has 0 bridgehead atoms. The number of nitriles is 2. The zero-order chi connectivity index (χ0) is 13.8. The summed E-state index contributed by atoms with van der Waals surface area (Å²) in [5.74, 6) is 6.87. The van der Waals surface area contributed by atoms with Gasteiger partial charge < -0.3 is 0 Å². The smallest absolute Gasteiger partial charge is 0.128 e. The summed E-state index contributed by atoms with van der Waals surface area (Å²) in [4.78, 5) is 0. The second-order valence-corrected chi connectivity index (χ2v) is 8.31. The number of rotatable bonds is 2. The van der Waals surface area contributed by atoms with Gasteiger partial charge in [-0.05, 0) is 48.6 Å². The van der Waals surface area contributed by atoms with Crippen LogP contribution in [0.3, 0.4) is 0 Å². The molecule has 1 saturated carbocycles. The standard InChI is InChI=1S/C15H22N2S/c1-5-7-14(4)18(10-16,11-17)15-12(2)8-6-9-13(15)3/h12-15H,6,8-9H2,1-4H3. The maximum atomic E-state index is 9.66. The van der Waals surface area contributed by atoms with Gasteiger partial charge >= 0.3 is 0 Å². The van der Waals surface area contributed by atoms with Crippen LogP contribution in [0.15, 0.2) is 0 Å². The van der Waals surface area contributed by atoms with E-state index in [0.717, 1.165) is 12.8 Å². The minimum Gasteiger partial charge on any atom is -0.186 e. The van der Waals surface area contributed by atoms with E-state index in [1.807, 2.05) is 6.92 Å². The minimum absolute atomic E-state index is 0.106. The van der Waals surface area contributed by atoms with Crippen molar-refractivity contribution < 1.29 is 0 Å². The Hall–Kier alpha value is -1.11. The molecule has 3 atom stereocenters. The van der Waals surface area contributed by atoms with Gasteiger partial charge in [-0.3, -0.25) is 0 Å². The maximum absolute atomic E-state index is 9.66. The van der Waals surface area contributed by atoms with Crippen LogP contribution in [0.4, 0.5) is 0 Å². The fourth-order valence-electron chi connectivity index (χ4n) is 3.22. The Kier molecular flexibility index (Phi) is 5.13. The molecule has 0 heterocycles. The third-order valence-corrected chi connectivity index (χ3v) is 7.70. The number of hydrogen-bond acceptors (Lipinski definition) is 2. The van der Waals surface area contributed by atoms with E-state index in [2.05, 4.69) is 36.5 Å². The van der Waals surface area contributed by atoms with Crippen molar-refractivity contribution in [3.8, 4) is 22.6 Å². The van der Waals surface area contributed by atoms with Crippen LogP contribution in [0.25, 0.3) is 0 Å².